The predicted octanol–water partition coefficient (Wildman–Crippen LogP) is 4.30. The van der Waals surface area contributed by atoms with E-state index in [0.29, 0.717) is 16.7 Å². The second-order valence-corrected chi connectivity index (χ2v) is 8.68. The molecule has 0 spiro atoms. The molecule has 0 aliphatic heterocycles. The maximum absolute atomic E-state index is 13.0. The van der Waals surface area contributed by atoms with Gasteiger partial charge in [0.1, 0.15) is 17.9 Å². The molecule has 9 heteroatoms. The maximum Gasteiger partial charge on any atom is 0.421 e. The van der Waals surface area contributed by atoms with Crippen molar-refractivity contribution in [2.75, 3.05) is 7.11 Å². The zero-order valence-electron chi connectivity index (χ0n) is 16.4. The van der Waals surface area contributed by atoms with Gasteiger partial charge >= 0.3 is 6.09 Å². The highest BCUT2D eigenvalue weighted by atomic mass is 32.2. The van der Waals surface area contributed by atoms with E-state index >= 15 is 0 Å². The van der Waals surface area contributed by atoms with Crippen LogP contribution in [-0.4, -0.2) is 31.9 Å². The third kappa shape index (κ3) is 4.27. The summed E-state index contributed by atoms with van der Waals surface area (Å²) in [5, 5.41) is 3.77. The van der Waals surface area contributed by atoms with Crippen molar-refractivity contribution in [1.82, 2.24) is 14.5 Å². The Morgan fingerprint density at radius 3 is 2.67 bits per heavy atom. The number of ether oxygens (including phenoxy) is 2. The van der Waals surface area contributed by atoms with E-state index in [-0.39, 0.29) is 17.5 Å². The molecular formula is C21H19N3O4S2. The number of hydrogen-bond acceptors (Lipinski definition) is 7. The first kappa shape index (κ1) is 20.2. The minimum atomic E-state index is -1.56. The van der Waals surface area contributed by atoms with Crippen molar-refractivity contribution in [3.05, 3.63) is 70.2 Å². The number of methoxy groups -OCH3 is 1. The summed E-state index contributed by atoms with van der Waals surface area (Å²) in [6.45, 7) is 2.02. The van der Waals surface area contributed by atoms with Crippen molar-refractivity contribution < 1.29 is 18.5 Å². The van der Waals surface area contributed by atoms with Gasteiger partial charge < -0.3 is 9.47 Å². The summed E-state index contributed by atoms with van der Waals surface area (Å²) in [7, 11) is 0.0312. The number of rotatable bonds is 6. The van der Waals surface area contributed by atoms with Gasteiger partial charge in [-0.3, -0.25) is 9.19 Å². The molecular weight excluding hydrogens is 422 g/mol. The number of carbonyl (C=O) groups excluding carboxylic acids is 1. The molecule has 7 nitrogen and oxygen atoms in total. The molecule has 1 atom stereocenters. The van der Waals surface area contributed by atoms with E-state index in [1.807, 2.05) is 36.6 Å². The second-order valence-electron chi connectivity index (χ2n) is 6.59. The normalized spacial score (nSPS) is 12.1. The van der Waals surface area contributed by atoms with E-state index in [0.717, 1.165) is 16.9 Å². The highest BCUT2D eigenvalue weighted by Crippen LogP contribution is 2.24. The van der Waals surface area contributed by atoms with E-state index in [9.17, 15) is 9.00 Å². The number of aromatic nitrogens is 3. The molecule has 0 aliphatic carbocycles. The molecule has 30 heavy (non-hydrogen) atoms. The lowest BCUT2D eigenvalue weighted by Crippen LogP contribution is -2.18. The summed E-state index contributed by atoms with van der Waals surface area (Å²) in [6, 6.07) is 11.0. The Hall–Kier alpha value is -3.04. The Bertz CT molecular complexity index is 1200. The van der Waals surface area contributed by atoms with Gasteiger partial charge in [0.25, 0.3) is 0 Å². The fourth-order valence-electron chi connectivity index (χ4n) is 2.83. The third-order valence-corrected chi connectivity index (χ3v) is 6.39. The van der Waals surface area contributed by atoms with Crippen LogP contribution in [0, 0.1) is 6.92 Å². The van der Waals surface area contributed by atoms with Crippen LogP contribution in [0.1, 0.15) is 16.8 Å². The standard InChI is InChI=1S/C21H19N3O4S2/c1-14-3-6-16(22-9-14)13-30(26)20-23-18-11-29-12-19(18)24(20)21(25)28-10-15-4-7-17(27-2)8-5-15/h3-9,11-12H,10,13H2,1-2H3. The smallest absolute Gasteiger partial charge is 0.421 e. The number of benzene rings is 1. The van der Waals surface area contributed by atoms with Crippen LogP contribution in [0.2, 0.25) is 0 Å². The Kier molecular flexibility index (Phi) is 5.91. The van der Waals surface area contributed by atoms with Gasteiger partial charge in [-0.1, -0.05) is 18.2 Å². The topological polar surface area (TPSA) is 83.3 Å². The molecule has 4 rings (SSSR count). The summed E-state index contributed by atoms with van der Waals surface area (Å²) >= 11 is 1.42. The molecule has 0 radical (unpaired) electrons. The number of hydrogen-bond donors (Lipinski definition) is 0. The number of nitrogens with zero attached hydrogens (tertiary/aromatic N) is 3. The van der Waals surface area contributed by atoms with Crippen LogP contribution in [0.15, 0.2) is 58.5 Å². The monoisotopic (exact) mass is 441 g/mol. The lowest BCUT2D eigenvalue weighted by Gasteiger charge is -2.09. The molecule has 0 bridgehead atoms. The van der Waals surface area contributed by atoms with E-state index < -0.39 is 16.9 Å². The van der Waals surface area contributed by atoms with E-state index in [4.69, 9.17) is 9.47 Å². The van der Waals surface area contributed by atoms with E-state index in [1.54, 1.807) is 30.8 Å². The lowest BCUT2D eigenvalue weighted by molar-refractivity contribution is 0.140. The number of thiophene rings is 1. The first-order valence-corrected chi connectivity index (χ1v) is 11.4. The number of fused-ring (bicyclic) bond motifs is 1. The molecule has 154 valence electrons. The average molecular weight is 442 g/mol. The molecule has 0 N–H and O–H groups in total. The molecule has 3 aromatic heterocycles. The van der Waals surface area contributed by atoms with Crippen molar-refractivity contribution in [2.24, 2.45) is 0 Å². The summed E-state index contributed by atoms with van der Waals surface area (Å²) in [5.41, 5.74) is 3.70. The Morgan fingerprint density at radius 2 is 1.97 bits per heavy atom. The van der Waals surface area contributed by atoms with E-state index in [1.165, 1.54) is 15.9 Å². The minimum Gasteiger partial charge on any atom is -0.497 e. The van der Waals surface area contributed by atoms with Gasteiger partial charge in [0, 0.05) is 17.0 Å². The van der Waals surface area contributed by atoms with Crippen LogP contribution < -0.4 is 4.74 Å². The van der Waals surface area contributed by atoms with Crippen molar-refractivity contribution in [3.8, 4) is 5.75 Å². The van der Waals surface area contributed by atoms with Crippen molar-refractivity contribution in [3.63, 3.8) is 0 Å². The summed E-state index contributed by atoms with van der Waals surface area (Å²) in [4.78, 5) is 21.6. The van der Waals surface area contributed by atoms with Crippen LogP contribution in [0.25, 0.3) is 11.0 Å². The zero-order valence-corrected chi connectivity index (χ0v) is 18.0. The molecule has 1 aromatic carbocycles. The van der Waals surface area contributed by atoms with Gasteiger partial charge in [-0.15, -0.1) is 11.3 Å². The number of aryl methyl sites for hydroxylation is 1. The van der Waals surface area contributed by atoms with Crippen molar-refractivity contribution in [2.45, 2.75) is 24.4 Å². The number of pyridine rings is 1. The molecule has 0 saturated heterocycles. The van der Waals surface area contributed by atoms with Crippen molar-refractivity contribution in [1.29, 1.82) is 0 Å². The minimum absolute atomic E-state index is 0.0816. The van der Waals surface area contributed by atoms with Gasteiger partial charge in [0.2, 0.25) is 5.16 Å². The molecule has 0 saturated carbocycles. The molecule has 0 amide bonds. The molecule has 0 aliphatic rings. The first-order valence-electron chi connectivity index (χ1n) is 9.10. The summed E-state index contributed by atoms with van der Waals surface area (Å²) in [6.07, 6.45) is 1.10. The second kappa shape index (κ2) is 8.76. The van der Waals surface area contributed by atoms with Gasteiger partial charge in [0.05, 0.1) is 34.9 Å². The molecule has 0 fully saturated rings. The van der Waals surface area contributed by atoms with Gasteiger partial charge in [-0.2, -0.15) is 0 Å². The van der Waals surface area contributed by atoms with Crippen LogP contribution in [0.3, 0.4) is 0 Å². The zero-order chi connectivity index (χ0) is 21.1. The van der Waals surface area contributed by atoms with Crippen LogP contribution in [0.5, 0.6) is 5.75 Å². The van der Waals surface area contributed by atoms with Crippen LogP contribution in [-0.2, 0) is 27.9 Å². The summed E-state index contributed by atoms with van der Waals surface area (Å²) < 4.78 is 24.9. The van der Waals surface area contributed by atoms with Gasteiger partial charge in [-0.25, -0.2) is 14.3 Å². The highest BCUT2D eigenvalue weighted by molar-refractivity contribution is 7.84. The van der Waals surface area contributed by atoms with Crippen LogP contribution in [0.4, 0.5) is 4.79 Å². The fraction of sp³-hybridized carbons (Fsp3) is 0.190. The number of imidazole rings is 1. The predicted molar refractivity (Wildman–Crippen MR) is 115 cm³/mol. The van der Waals surface area contributed by atoms with Crippen molar-refractivity contribution >= 4 is 39.3 Å². The highest BCUT2D eigenvalue weighted by Gasteiger charge is 2.23. The van der Waals surface area contributed by atoms with Gasteiger partial charge in [0.15, 0.2) is 0 Å². The molecule has 1 unspecified atom stereocenters. The average Bonchev–Trinajstić information content (AvgIpc) is 3.35. The first-order chi connectivity index (χ1) is 14.5. The number of carbonyl (C=O) groups is 1. The molecule has 4 aromatic rings. The lowest BCUT2D eigenvalue weighted by atomic mass is 10.2. The van der Waals surface area contributed by atoms with E-state index in [2.05, 4.69) is 9.97 Å². The fourth-order valence-corrected chi connectivity index (χ4v) is 4.70. The Morgan fingerprint density at radius 1 is 1.17 bits per heavy atom. The summed E-state index contributed by atoms with van der Waals surface area (Å²) in [5.74, 6) is 0.886. The maximum atomic E-state index is 13.0. The van der Waals surface area contributed by atoms with Crippen LogP contribution >= 0.6 is 11.3 Å². The van der Waals surface area contributed by atoms with Gasteiger partial charge in [-0.05, 0) is 36.2 Å². The Labute approximate surface area is 179 Å². The third-order valence-electron chi connectivity index (χ3n) is 4.43. The Balaban J connectivity index is 1.56. The largest absolute Gasteiger partial charge is 0.497 e. The quantitative estimate of drug-likeness (QED) is 0.444. The molecule has 3 heterocycles. The SMILES string of the molecule is COc1ccc(COC(=O)n2c(S(=O)Cc3ccc(C)cn3)nc3cscc32)cc1.